The molecular weight excluding hydrogens is 349 g/mol. The number of benzene rings is 1. The van der Waals surface area contributed by atoms with E-state index in [1.807, 2.05) is 0 Å². The van der Waals surface area contributed by atoms with Crippen LogP contribution in [-0.4, -0.2) is 13.4 Å². The Morgan fingerprint density at radius 1 is 1.35 bits per heavy atom. The van der Waals surface area contributed by atoms with Crippen molar-refractivity contribution in [3.8, 4) is 0 Å². The third-order valence-electron chi connectivity index (χ3n) is 2.54. The Kier molecular flexibility index (Phi) is 3.96. The van der Waals surface area contributed by atoms with Gasteiger partial charge in [-0.2, -0.15) is 4.39 Å². The summed E-state index contributed by atoms with van der Waals surface area (Å²) in [6, 6.07) is 6.78. The Morgan fingerprint density at radius 3 is 2.70 bits per heavy atom. The highest BCUT2D eigenvalue weighted by atomic mass is 79.9. The number of nitrogens with zero attached hydrogens (tertiary/aromatic N) is 1. The van der Waals surface area contributed by atoms with Crippen molar-refractivity contribution in [2.75, 3.05) is 10.5 Å². The summed E-state index contributed by atoms with van der Waals surface area (Å²) in [5.74, 6) is -0.858. The van der Waals surface area contributed by atoms with Gasteiger partial charge in [0.2, 0.25) is 5.95 Å². The first-order valence-electron chi connectivity index (χ1n) is 5.50. The van der Waals surface area contributed by atoms with Crippen LogP contribution in [0.4, 0.5) is 15.9 Å². The SMILES string of the molecule is Cc1cc(Br)c(N)cc1S(=O)(=O)Nc1cccc(F)n1. The molecule has 106 valence electrons. The molecule has 0 radical (unpaired) electrons. The van der Waals surface area contributed by atoms with E-state index in [1.165, 1.54) is 18.2 Å². The largest absolute Gasteiger partial charge is 0.398 e. The van der Waals surface area contributed by atoms with Crippen LogP contribution in [0, 0.1) is 12.9 Å². The first-order valence-corrected chi connectivity index (χ1v) is 7.78. The fraction of sp³-hybridized carbons (Fsp3) is 0.0833. The van der Waals surface area contributed by atoms with Gasteiger partial charge in [-0.15, -0.1) is 0 Å². The standard InChI is InChI=1S/C12H11BrFN3O2S/c1-7-5-8(13)9(15)6-10(7)20(18,19)17-12-4-2-3-11(14)16-12/h2-6H,15H2,1H3,(H,16,17). The lowest BCUT2D eigenvalue weighted by Crippen LogP contribution is -2.15. The van der Waals surface area contributed by atoms with Crippen molar-refractivity contribution in [3.05, 3.63) is 46.3 Å². The van der Waals surface area contributed by atoms with E-state index >= 15 is 0 Å². The molecule has 1 heterocycles. The third kappa shape index (κ3) is 3.07. The Morgan fingerprint density at radius 2 is 2.05 bits per heavy atom. The molecule has 0 atom stereocenters. The van der Waals surface area contributed by atoms with E-state index in [0.29, 0.717) is 15.7 Å². The van der Waals surface area contributed by atoms with E-state index in [9.17, 15) is 12.8 Å². The second kappa shape index (κ2) is 5.37. The fourth-order valence-electron chi connectivity index (χ4n) is 1.62. The lowest BCUT2D eigenvalue weighted by molar-refractivity contribution is 0.584. The van der Waals surface area contributed by atoms with Crippen molar-refractivity contribution in [1.29, 1.82) is 0 Å². The summed E-state index contributed by atoms with van der Waals surface area (Å²) in [5, 5.41) is 0. The minimum absolute atomic E-state index is 0.0178. The van der Waals surface area contributed by atoms with Crippen LogP contribution in [0.1, 0.15) is 5.56 Å². The molecule has 0 unspecified atom stereocenters. The van der Waals surface area contributed by atoms with Crippen LogP contribution in [0.2, 0.25) is 0 Å². The van der Waals surface area contributed by atoms with Gasteiger partial charge in [0.05, 0.1) is 4.90 Å². The van der Waals surface area contributed by atoms with Gasteiger partial charge in [0.15, 0.2) is 0 Å². The highest BCUT2D eigenvalue weighted by Crippen LogP contribution is 2.27. The molecule has 0 fully saturated rings. The van der Waals surface area contributed by atoms with Crippen LogP contribution in [0.3, 0.4) is 0 Å². The van der Waals surface area contributed by atoms with Crippen LogP contribution < -0.4 is 10.5 Å². The van der Waals surface area contributed by atoms with E-state index in [0.717, 1.165) is 6.07 Å². The van der Waals surface area contributed by atoms with Crippen molar-refractivity contribution < 1.29 is 12.8 Å². The van der Waals surface area contributed by atoms with E-state index in [1.54, 1.807) is 13.0 Å². The van der Waals surface area contributed by atoms with Crippen LogP contribution in [0.15, 0.2) is 39.7 Å². The number of rotatable bonds is 3. The zero-order valence-electron chi connectivity index (χ0n) is 10.4. The van der Waals surface area contributed by atoms with Crippen LogP contribution in [-0.2, 0) is 10.0 Å². The van der Waals surface area contributed by atoms with Gasteiger partial charge in [0.1, 0.15) is 5.82 Å². The van der Waals surface area contributed by atoms with Crippen LogP contribution in [0.5, 0.6) is 0 Å². The molecule has 1 aromatic carbocycles. The number of sulfonamides is 1. The van der Waals surface area contributed by atoms with Crippen molar-refractivity contribution in [2.45, 2.75) is 11.8 Å². The van der Waals surface area contributed by atoms with Crippen LogP contribution >= 0.6 is 15.9 Å². The number of nitrogen functional groups attached to an aromatic ring is 1. The lowest BCUT2D eigenvalue weighted by atomic mass is 10.2. The molecule has 2 aromatic rings. The highest BCUT2D eigenvalue weighted by Gasteiger charge is 2.19. The van der Waals surface area contributed by atoms with E-state index in [-0.39, 0.29) is 10.7 Å². The summed E-state index contributed by atoms with van der Waals surface area (Å²) in [5.41, 5.74) is 6.49. The molecule has 0 spiro atoms. The van der Waals surface area contributed by atoms with Gasteiger partial charge in [-0.05, 0) is 52.7 Å². The van der Waals surface area contributed by atoms with Gasteiger partial charge >= 0.3 is 0 Å². The normalized spacial score (nSPS) is 11.3. The second-order valence-electron chi connectivity index (χ2n) is 4.09. The molecule has 2 rings (SSSR count). The molecule has 0 amide bonds. The Bertz CT molecular complexity index is 765. The molecule has 0 aliphatic heterocycles. The molecule has 0 saturated heterocycles. The molecule has 8 heteroatoms. The average molecular weight is 360 g/mol. The maximum Gasteiger partial charge on any atom is 0.263 e. The monoisotopic (exact) mass is 359 g/mol. The Hall–Kier alpha value is -1.67. The van der Waals surface area contributed by atoms with Crippen LogP contribution in [0.25, 0.3) is 0 Å². The van der Waals surface area contributed by atoms with Gasteiger partial charge in [-0.25, -0.2) is 13.4 Å². The predicted octanol–water partition coefficient (Wildman–Crippen LogP) is 2.67. The highest BCUT2D eigenvalue weighted by molar-refractivity contribution is 9.10. The van der Waals surface area contributed by atoms with E-state index < -0.39 is 16.0 Å². The number of aryl methyl sites for hydroxylation is 1. The quantitative estimate of drug-likeness (QED) is 0.651. The fourth-order valence-corrected chi connectivity index (χ4v) is 3.34. The first-order chi connectivity index (χ1) is 9.29. The number of aromatic nitrogens is 1. The molecular formula is C12H11BrFN3O2S. The number of hydrogen-bond donors (Lipinski definition) is 2. The summed E-state index contributed by atoms with van der Waals surface area (Å²) in [7, 11) is -3.88. The first kappa shape index (κ1) is 14.7. The number of nitrogens with one attached hydrogen (secondary N) is 1. The van der Waals surface area contributed by atoms with Gasteiger partial charge < -0.3 is 5.73 Å². The molecule has 0 aliphatic carbocycles. The average Bonchev–Trinajstić information content (AvgIpc) is 2.33. The maximum absolute atomic E-state index is 13.0. The predicted molar refractivity (Wildman–Crippen MR) is 78.3 cm³/mol. The topological polar surface area (TPSA) is 85.1 Å². The Balaban J connectivity index is 2.43. The van der Waals surface area contributed by atoms with Gasteiger partial charge in [0.25, 0.3) is 10.0 Å². The molecule has 0 aliphatic rings. The second-order valence-corrected chi connectivity index (χ2v) is 6.60. The summed E-state index contributed by atoms with van der Waals surface area (Å²) in [4.78, 5) is 3.47. The van der Waals surface area contributed by atoms with Crippen molar-refractivity contribution in [3.63, 3.8) is 0 Å². The van der Waals surface area contributed by atoms with E-state index in [4.69, 9.17) is 5.73 Å². The molecule has 0 saturated carbocycles. The number of hydrogen-bond acceptors (Lipinski definition) is 4. The third-order valence-corrected chi connectivity index (χ3v) is 4.72. The van der Waals surface area contributed by atoms with Crippen molar-refractivity contribution in [2.24, 2.45) is 0 Å². The molecule has 3 N–H and O–H groups in total. The zero-order valence-corrected chi connectivity index (χ0v) is 12.8. The Labute approximate surface area is 124 Å². The summed E-state index contributed by atoms with van der Waals surface area (Å²) >= 11 is 3.22. The molecule has 1 aromatic heterocycles. The summed E-state index contributed by atoms with van der Waals surface area (Å²) in [6.07, 6.45) is 0. The summed E-state index contributed by atoms with van der Waals surface area (Å²) in [6.45, 7) is 1.64. The van der Waals surface area contributed by atoms with E-state index in [2.05, 4.69) is 25.6 Å². The molecule has 20 heavy (non-hydrogen) atoms. The molecule has 0 bridgehead atoms. The van der Waals surface area contributed by atoms with Gasteiger partial charge in [0, 0.05) is 10.2 Å². The number of pyridine rings is 1. The zero-order chi connectivity index (χ0) is 14.9. The molecule has 5 nitrogen and oxygen atoms in total. The van der Waals surface area contributed by atoms with Crippen molar-refractivity contribution >= 4 is 37.5 Å². The minimum atomic E-state index is -3.88. The summed E-state index contributed by atoms with van der Waals surface area (Å²) < 4.78 is 40.3. The minimum Gasteiger partial charge on any atom is -0.398 e. The van der Waals surface area contributed by atoms with Gasteiger partial charge in [-0.3, -0.25) is 4.72 Å². The lowest BCUT2D eigenvalue weighted by Gasteiger charge is -2.11. The van der Waals surface area contributed by atoms with Gasteiger partial charge in [-0.1, -0.05) is 6.07 Å². The number of anilines is 2. The number of nitrogens with two attached hydrogens (primary N) is 1. The maximum atomic E-state index is 13.0. The smallest absolute Gasteiger partial charge is 0.263 e. The number of halogens is 2. The van der Waals surface area contributed by atoms with Crippen molar-refractivity contribution in [1.82, 2.24) is 4.98 Å².